The summed E-state index contributed by atoms with van der Waals surface area (Å²) < 4.78 is 1.00. The second kappa shape index (κ2) is 6.20. The van der Waals surface area contributed by atoms with E-state index in [2.05, 4.69) is 31.4 Å². The molecular weight excluding hydrogens is 368 g/mol. The van der Waals surface area contributed by atoms with Crippen LogP contribution in [0.25, 0.3) is 10.6 Å². The van der Waals surface area contributed by atoms with Crippen molar-refractivity contribution in [2.45, 2.75) is 0 Å². The van der Waals surface area contributed by atoms with Gasteiger partial charge in [-0.15, -0.1) is 10.2 Å². The smallest absolute Gasteiger partial charge is 0.269 e. The maximum Gasteiger partial charge on any atom is 0.269 e. The molecule has 0 aliphatic rings. The van der Waals surface area contributed by atoms with E-state index in [1.54, 1.807) is 12.1 Å². The minimum Gasteiger partial charge on any atom is -0.330 e. The highest BCUT2D eigenvalue weighted by Crippen LogP contribution is 2.29. The summed E-state index contributed by atoms with van der Waals surface area (Å²) in [6, 6.07) is 14.0. The van der Waals surface area contributed by atoms with Gasteiger partial charge in [0.2, 0.25) is 5.13 Å². The van der Waals surface area contributed by atoms with Gasteiger partial charge in [0.1, 0.15) is 5.01 Å². The van der Waals surface area contributed by atoms with Crippen LogP contribution >= 0.6 is 27.3 Å². The van der Waals surface area contributed by atoms with Crippen LogP contribution in [0, 0.1) is 10.1 Å². The number of nitro groups is 1. The van der Waals surface area contributed by atoms with E-state index in [-0.39, 0.29) is 5.69 Å². The predicted octanol–water partition coefficient (Wildman–Crippen LogP) is 4.62. The van der Waals surface area contributed by atoms with Gasteiger partial charge < -0.3 is 5.32 Å². The fraction of sp³-hybridized carbons (Fsp3) is 0. The summed E-state index contributed by atoms with van der Waals surface area (Å²) in [5.41, 5.74) is 1.76. The Labute approximate surface area is 138 Å². The summed E-state index contributed by atoms with van der Waals surface area (Å²) in [7, 11) is 0. The van der Waals surface area contributed by atoms with Crippen LogP contribution in [0.1, 0.15) is 0 Å². The Balaban J connectivity index is 1.76. The number of nitrogens with zero attached hydrogens (tertiary/aromatic N) is 3. The molecule has 8 heteroatoms. The maximum absolute atomic E-state index is 10.6. The monoisotopic (exact) mass is 376 g/mol. The van der Waals surface area contributed by atoms with E-state index >= 15 is 0 Å². The molecule has 0 atom stereocenters. The van der Waals surface area contributed by atoms with Crippen molar-refractivity contribution in [3.8, 4) is 10.6 Å². The number of hydrogen-bond donors (Lipinski definition) is 1. The Morgan fingerprint density at radius 3 is 2.36 bits per heavy atom. The molecule has 22 heavy (non-hydrogen) atoms. The van der Waals surface area contributed by atoms with Crippen molar-refractivity contribution in [3.05, 3.63) is 63.1 Å². The first kappa shape index (κ1) is 14.6. The van der Waals surface area contributed by atoms with Crippen LogP contribution in [-0.2, 0) is 0 Å². The predicted molar refractivity (Wildman–Crippen MR) is 89.4 cm³/mol. The summed E-state index contributed by atoms with van der Waals surface area (Å²) in [5.74, 6) is 0. The number of nitro benzene ring substituents is 1. The molecule has 0 saturated carbocycles. The number of benzene rings is 2. The number of aromatic nitrogens is 2. The molecule has 1 N–H and O–H groups in total. The van der Waals surface area contributed by atoms with Crippen molar-refractivity contribution < 1.29 is 4.92 Å². The molecule has 110 valence electrons. The van der Waals surface area contributed by atoms with Crippen LogP contribution in [0.3, 0.4) is 0 Å². The van der Waals surface area contributed by atoms with Gasteiger partial charge in [0.15, 0.2) is 0 Å². The topological polar surface area (TPSA) is 81.0 Å². The lowest BCUT2D eigenvalue weighted by Crippen LogP contribution is -1.91. The van der Waals surface area contributed by atoms with E-state index in [9.17, 15) is 10.1 Å². The second-order valence-electron chi connectivity index (χ2n) is 4.35. The van der Waals surface area contributed by atoms with Gasteiger partial charge in [0, 0.05) is 27.9 Å². The average Bonchev–Trinajstić information content (AvgIpc) is 2.97. The Bertz CT molecular complexity index is 802. The van der Waals surface area contributed by atoms with Gasteiger partial charge >= 0.3 is 0 Å². The molecular formula is C14H9BrN4O2S. The second-order valence-corrected chi connectivity index (χ2v) is 6.24. The van der Waals surface area contributed by atoms with E-state index < -0.39 is 4.92 Å². The normalized spacial score (nSPS) is 10.4. The van der Waals surface area contributed by atoms with Crippen molar-refractivity contribution in [2.24, 2.45) is 0 Å². The van der Waals surface area contributed by atoms with Crippen LogP contribution in [0.15, 0.2) is 53.0 Å². The first-order valence-corrected chi connectivity index (χ1v) is 7.84. The number of halogens is 1. The van der Waals surface area contributed by atoms with Crippen molar-refractivity contribution in [1.29, 1.82) is 0 Å². The van der Waals surface area contributed by atoms with Gasteiger partial charge in [-0.1, -0.05) is 39.4 Å². The molecule has 1 heterocycles. The summed E-state index contributed by atoms with van der Waals surface area (Å²) in [4.78, 5) is 10.2. The summed E-state index contributed by atoms with van der Waals surface area (Å²) in [6.07, 6.45) is 0. The average molecular weight is 377 g/mol. The molecule has 0 fully saturated rings. The number of hydrogen-bond acceptors (Lipinski definition) is 6. The van der Waals surface area contributed by atoms with Gasteiger partial charge in [-0.25, -0.2) is 0 Å². The third kappa shape index (κ3) is 3.29. The lowest BCUT2D eigenvalue weighted by Gasteiger charge is -2.00. The first-order valence-electron chi connectivity index (χ1n) is 6.23. The number of non-ortho nitro benzene ring substituents is 1. The summed E-state index contributed by atoms with van der Waals surface area (Å²) in [5, 5.41) is 23.4. The first-order chi connectivity index (χ1) is 10.6. The van der Waals surface area contributed by atoms with Crippen molar-refractivity contribution in [3.63, 3.8) is 0 Å². The zero-order valence-corrected chi connectivity index (χ0v) is 13.5. The molecule has 0 aliphatic heterocycles. The zero-order chi connectivity index (χ0) is 15.5. The fourth-order valence-corrected chi connectivity index (χ4v) is 2.81. The highest BCUT2D eigenvalue weighted by Gasteiger charge is 2.08. The molecule has 0 aliphatic carbocycles. The molecule has 6 nitrogen and oxygen atoms in total. The van der Waals surface area contributed by atoms with E-state index in [1.165, 1.54) is 23.5 Å². The SMILES string of the molecule is O=[N+]([O-])c1ccc(Nc2nnc(-c3ccc(Br)cc3)s2)cc1. The molecule has 0 bridgehead atoms. The molecule has 0 amide bonds. The third-order valence-corrected chi connectivity index (χ3v) is 4.26. The Kier molecular flexibility index (Phi) is 4.12. The fourth-order valence-electron chi connectivity index (χ4n) is 1.77. The van der Waals surface area contributed by atoms with Gasteiger partial charge in [-0.2, -0.15) is 0 Å². The number of rotatable bonds is 4. The summed E-state index contributed by atoms with van der Waals surface area (Å²) >= 11 is 4.81. The highest BCUT2D eigenvalue weighted by atomic mass is 79.9. The third-order valence-electron chi connectivity index (χ3n) is 2.85. The van der Waals surface area contributed by atoms with Crippen LogP contribution in [0.5, 0.6) is 0 Å². The number of anilines is 2. The molecule has 2 aromatic carbocycles. The largest absolute Gasteiger partial charge is 0.330 e. The Hall–Kier alpha value is -2.32. The van der Waals surface area contributed by atoms with Crippen LogP contribution in [-0.4, -0.2) is 15.1 Å². The lowest BCUT2D eigenvalue weighted by atomic mass is 10.2. The van der Waals surface area contributed by atoms with Crippen molar-refractivity contribution >= 4 is 43.8 Å². The molecule has 3 rings (SSSR count). The Morgan fingerprint density at radius 1 is 1.05 bits per heavy atom. The van der Waals surface area contributed by atoms with Crippen LogP contribution in [0.2, 0.25) is 0 Å². The van der Waals surface area contributed by atoms with Gasteiger partial charge in [-0.05, 0) is 24.3 Å². The van der Waals surface area contributed by atoms with Gasteiger partial charge in [-0.3, -0.25) is 10.1 Å². The van der Waals surface area contributed by atoms with E-state index in [1.807, 2.05) is 24.3 Å². The van der Waals surface area contributed by atoms with Gasteiger partial charge in [0.25, 0.3) is 5.69 Å². The summed E-state index contributed by atoms with van der Waals surface area (Å²) in [6.45, 7) is 0. The molecule has 0 unspecified atom stereocenters. The van der Waals surface area contributed by atoms with Gasteiger partial charge in [0.05, 0.1) is 4.92 Å². The standard InChI is InChI=1S/C14H9BrN4O2S/c15-10-3-1-9(2-4-10)13-17-18-14(22-13)16-11-5-7-12(8-6-11)19(20)21/h1-8H,(H,16,18). The van der Waals surface area contributed by atoms with Crippen LogP contribution < -0.4 is 5.32 Å². The van der Waals surface area contributed by atoms with Crippen molar-refractivity contribution in [2.75, 3.05) is 5.32 Å². The highest BCUT2D eigenvalue weighted by molar-refractivity contribution is 9.10. The minimum atomic E-state index is -0.430. The maximum atomic E-state index is 10.6. The Morgan fingerprint density at radius 2 is 1.73 bits per heavy atom. The molecule has 0 radical (unpaired) electrons. The van der Waals surface area contributed by atoms with E-state index in [0.29, 0.717) is 5.13 Å². The number of nitrogens with one attached hydrogen (secondary N) is 1. The molecule has 3 aromatic rings. The molecule has 1 aromatic heterocycles. The van der Waals surface area contributed by atoms with Crippen LogP contribution in [0.4, 0.5) is 16.5 Å². The zero-order valence-electron chi connectivity index (χ0n) is 11.1. The molecule has 0 saturated heterocycles. The lowest BCUT2D eigenvalue weighted by molar-refractivity contribution is -0.384. The molecule has 0 spiro atoms. The van der Waals surface area contributed by atoms with Crippen molar-refractivity contribution in [1.82, 2.24) is 10.2 Å². The van der Waals surface area contributed by atoms with E-state index in [4.69, 9.17) is 0 Å². The van der Waals surface area contributed by atoms with E-state index in [0.717, 1.165) is 20.7 Å². The minimum absolute atomic E-state index is 0.0540. The quantitative estimate of drug-likeness (QED) is 0.530.